The zero-order chi connectivity index (χ0) is 23.5. The van der Waals surface area contributed by atoms with Crippen LogP contribution < -0.4 is 4.90 Å². The number of aromatic nitrogens is 1. The molecule has 7 heteroatoms. The fraction of sp³-hybridized carbons (Fsp3) is 0.231. The molecule has 2 aromatic carbocycles. The van der Waals surface area contributed by atoms with Gasteiger partial charge in [0.25, 0.3) is 11.8 Å². The lowest BCUT2D eigenvalue weighted by atomic mass is 10.0. The van der Waals surface area contributed by atoms with Gasteiger partial charge in [-0.25, -0.2) is 9.29 Å². The van der Waals surface area contributed by atoms with Gasteiger partial charge in [-0.15, -0.1) is 0 Å². The van der Waals surface area contributed by atoms with Gasteiger partial charge in [0.2, 0.25) is 5.91 Å². The molecule has 1 saturated heterocycles. The quantitative estimate of drug-likeness (QED) is 0.530. The van der Waals surface area contributed by atoms with Gasteiger partial charge in [-0.3, -0.25) is 19.4 Å². The molecule has 1 atom stereocenters. The highest BCUT2D eigenvalue weighted by Gasteiger charge is 2.44. The number of anilines is 1. The van der Waals surface area contributed by atoms with E-state index in [2.05, 4.69) is 18.8 Å². The first-order valence-corrected chi connectivity index (χ1v) is 10.8. The van der Waals surface area contributed by atoms with Gasteiger partial charge >= 0.3 is 0 Å². The van der Waals surface area contributed by atoms with Crippen molar-refractivity contribution in [3.8, 4) is 0 Å². The Kier molecular flexibility index (Phi) is 6.31. The molecule has 0 spiro atoms. The Morgan fingerprint density at radius 2 is 1.82 bits per heavy atom. The van der Waals surface area contributed by atoms with E-state index < -0.39 is 29.6 Å². The maximum atomic E-state index is 14.4. The van der Waals surface area contributed by atoms with Crippen molar-refractivity contribution in [2.45, 2.75) is 38.8 Å². The summed E-state index contributed by atoms with van der Waals surface area (Å²) in [6.07, 6.45) is 3.00. The van der Waals surface area contributed by atoms with Gasteiger partial charge < -0.3 is 4.90 Å². The van der Waals surface area contributed by atoms with Crippen LogP contribution in [0.15, 0.2) is 73.1 Å². The van der Waals surface area contributed by atoms with Crippen molar-refractivity contribution in [3.63, 3.8) is 0 Å². The monoisotopic (exact) mass is 445 g/mol. The second kappa shape index (κ2) is 9.32. The highest BCUT2D eigenvalue weighted by Crippen LogP contribution is 2.29. The summed E-state index contributed by atoms with van der Waals surface area (Å²) in [4.78, 5) is 46.1. The Morgan fingerprint density at radius 3 is 2.45 bits per heavy atom. The first-order valence-electron chi connectivity index (χ1n) is 10.8. The third-order valence-electron chi connectivity index (χ3n) is 5.76. The van der Waals surface area contributed by atoms with Gasteiger partial charge in [-0.2, -0.15) is 0 Å². The van der Waals surface area contributed by atoms with Crippen molar-refractivity contribution in [1.82, 2.24) is 9.88 Å². The summed E-state index contributed by atoms with van der Waals surface area (Å²) in [5.41, 5.74) is 2.06. The van der Waals surface area contributed by atoms with E-state index in [4.69, 9.17) is 0 Å². The maximum Gasteiger partial charge on any atom is 0.257 e. The van der Waals surface area contributed by atoms with Crippen LogP contribution in [0.2, 0.25) is 0 Å². The molecule has 1 aromatic heterocycles. The minimum atomic E-state index is -1.05. The molecule has 0 saturated carbocycles. The van der Waals surface area contributed by atoms with E-state index in [1.807, 2.05) is 12.1 Å². The molecule has 2 heterocycles. The fourth-order valence-electron chi connectivity index (χ4n) is 3.94. The summed E-state index contributed by atoms with van der Waals surface area (Å²) in [6.45, 7) is 4.13. The number of hydrogen-bond acceptors (Lipinski definition) is 4. The predicted octanol–water partition coefficient (Wildman–Crippen LogP) is 4.32. The topological polar surface area (TPSA) is 70.6 Å². The zero-order valence-electron chi connectivity index (χ0n) is 18.4. The van der Waals surface area contributed by atoms with Crippen LogP contribution >= 0.6 is 0 Å². The smallest absolute Gasteiger partial charge is 0.257 e. The Labute approximate surface area is 191 Å². The van der Waals surface area contributed by atoms with Crippen molar-refractivity contribution >= 4 is 23.4 Å². The van der Waals surface area contributed by atoms with Crippen molar-refractivity contribution in [2.24, 2.45) is 0 Å². The fourth-order valence-corrected chi connectivity index (χ4v) is 3.94. The lowest BCUT2D eigenvalue weighted by molar-refractivity contribution is -0.122. The number of benzene rings is 2. The summed E-state index contributed by atoms with van der Waals surface area (Å²) >= 11 is 0. The molecule has 6 nitrogen and oxygen atoms in total. The van der Waals surface area contributed by atoms with E-state index >= 15 is 0 Å². The highest BCUT2D eigenvalue weighted by molar-refractivity contribution is 6.23. The second-order valence-electron chi connectivity index (χ2n) is 8.31. The molecule has 0 N–H and O–H groups in total. The summed E-state index contributed by atoms with van der Waals surface area (Å²) in [7, 11) is 0. The number of carbonyl (C=O) groups excluding carboxylic acids is 3. The van der Waals surface area contributed by atoms with E-state index in [0.717, 1.165) is 10.5 Å². The third kappa shape index (κ3) is 4.53. The molecular formula is C26H24FN3O3. The molecule has 1 fully saturated rings. The summed E-state index contributed by atoms with van der Waals surface area (Å²) in [5.74, 6) is -1.94. The summed E-state index contributed by atoms with van der Waals surface area (Å²) in [6, 6.07) is 15.3. The molecule has 3 aromatic rings. The number of rotatable bonds is 6. The van der Waals surface area contributed by atoms with Crippen LogP contribution in [-0.4, -0.2) is 33.6 Å². The Morgan fingerprint density at radius 1 is 1.09 bits per heavy atom. The molecule has 1 unspecified atom stereocenters. The number of nitrogens with zero attached hydrogens (tertiary/aromatic N) is 3. The molecule has 33 heavy (non-hydrogen) atoms. The van der Waals surface area contributed by atoms with Crippen molar-refractivity contribution in [3.05, 3.63) is 95.6 Å². The van der Waals surface area contributed by atoms with E-state index in [1.54, 1.807) is 42.7 Å². The first-order chi connectivity index (χ1) is 15.9. The maximum absolute atomic E-state index is 14.4. The molecule has 3 amide bonds. The van der Waals surface area contributed by atoms with Gasteiger partial charge in [0.1, 0.15) is 11.9 Å². The number of amides is 3. The SMILES string of the molecule is CC(C)c1ccc(N2C(=O)CC(N(Cc3cccnc3)C(=O)c3ccccc3F)C2=O)cc1. The summed E-state index contributed by atoms with van der Waals surface area (Å²) < 4.78 is 14.4. The normalized spacial score (nSPS) is 15.9. The Balaban J connectivity index is 1.68. The Bertz CT molecular complexity index is 1180. The lowest BCUT2D eigenvalue weighted by Crippen LogP contribution is -2.45. The molecule has 0 radical (unpaired) electrons. The number of imide groups is 1. The van der Waals surface area contributed by atoms with E-state index in [-0.39, 0.29) is 18.5 Å². The zero-order valence-corrected chi connectivity index (χ0v) is 18.4. The number of pyridine rings is 1. The number of halogens is 1. The molecule has 0 bridgehead atoms. The van der Waals surface area contributed by atoms with Gasteiger partial charge in [-0.1, -0.05) is 44.2 Å². The minimum Gasteiger partial charge on any atom is -0.322 e. The molecule has 0 aliphatic carbocycles. The lowest BCUT2D eigenvalue weighted by Gasteiger charge is -2.28. The number of hydrogen-bond donors (Lipinski definition) is 0. The molecule has 168 valence electrons. The van der Waals surface area contributed by atoms with Crippen molar-refractivity contribution < 1.29 is 18.8 Å². The highest BCUT2D eigenvalue weighted by atomic mass is 19.1. The third-order valence-corrected chi connectivity index (χ3v) is 5.76. The van der Waals surface area contributed by atoms with Gasteiger partial charge in [0.05, 0.1) is 17.7 Å². The van der Waals surface area contributed by atoms with Crippen LogP contribution in [0.3, 0.4) is 0 Å². The minimum absolute atomic E-state index is 0.0187. The van der Waals surface area contributed by atoms with Crippen molar-refractivity contribution in [1.29, 1.82) is 0 Å². The van der Waals surface area contributed by atoms with Crippen LogP contribution in [-0.2, 0) is 16.1 Å². The van der Waals surface area contributed by atoms with E-state index in [1.165, 1.54) is 23.1 Å². The van der Waals surface area contributed by atoms with Crippen LogP contribution in [0.1, 0.15) is 47.7 Å². The predicted molar refractivity (Wildman–Crippen MR) is 122 cm³/mol. The standard InChI is InChI=1S/C26H24FN3O3/c1-17(2)19-9-11-20(12-10-19)30-24(31)14-23(26(30)33)29(16-18-6-5-13-28-15-18)25(32)21-7-3-4-8-22(21)27/h3-13,15,17,23H,14,16H2,1-2H3. The average molecular weight is 445 g/mol. The molecule has 4 rings (SSSR count). The summed E-state index contributed by atoms with van der Waals surface area (Å²) in [5, 5.41) is 0. The van der Waals surface area contributed by atoms with Gasteiger partial charge in [-0.05, 0) is 47.4 Å². The van der Waals surface area contributed by atoms with Crippen LogP contribution in [0.25, 0.3) is 0 Å². The largest absolute Gasteiger partial charge is 0.322 e. The first kappa shape index (κ1) is 22.3. The molecular weight excluding hydrogens is 421 g/mol. The Hall–Kier alpha value is -3.87. The number of carbonyl (C=O) groups is 3. The van der Waals surface area contributed by atoms with Crippen LogP contribution in [0.5, 0.6) is 0 Å². The van der Waals surface area contributed by atoms with Crippen molar-refractivity contribution in [2.75, 3.05) is 4.90 Å². The van der Waals surface area contributed by atoms with E-state index in [0.29, 0.717) is 17.2 Å². The van der Waals surface area contributed by atoms with Crippen LogP contribution in [0, 0.1) is 5.82 Å². The van der Waals surface area contributed by atoms with Crippen LogP contribution in [0.4, 0.5) is 10.1 Å². The van der Waals surface area contributed by atoms with E-state index in [9.17, 15) is 18.8 Å². The molecule has 1 aliphatic rings. The van der Waals surface area contributed by atoms with Gasteiger partial charge in [0, 0.05) is 18.9 Å². The second-order valence-corrected chi connectivity index (χ2v) is 8.31. The molecule has 1 aliphatic heterocycles. The average Bonchev–Trinajstić information content (AvgIpc) is 3.11. The van der Waals surface area contributed by atoms with Gasteiger partial charge in [0.15, 0.2) is 0 Å².